The summed E-state index contributed by atoms with van der Waals surface area (Å²) in [5, 5.41) is 0.618. The molecule has 15 heavy (non-hydrogen) atoms. The molecule has 0 spiro atoms. The Labute approximate surface area is 94.2 Å². The fourth-order valence-electron chi connectivity index (χ4n) is 1.24. The summed E-state index contributed by atoms with van der Waals surface area (Å²) >= 11 is 5.85. The Bertz CT molecular complexity index is 366. The van der Waals surface area contributed by atoms with Gasteiger partial charge in [-0.05, 0) is 37.1 Å². The van der Waals surface area contributed by atoms with Gasteiger partial charge in [0.25, 0.3) is 0 Å². The van der Waals surface area contributed by atoms with Gasteiger partial charge in [0.2, 0.25) is 5.91 Å². The number of halogens is 1. The SMILES string of the molecule is [CH2]c1ccc(Cl)cc1C(C)OCC(N)=O. The van der Waals surface area contributed by atoms with E-state index in [0.717, 1.165) is 11.1 Å². The smallest absolute Gasteiger partial charge is 0.243 e. The molecule has 0 aromatic heterocycles. The largest absolute Gasteiger partial charge is 0.368 e. The first-order valence-corrected chi connectivity index (χ1v) is 4.90. The van der Waals surface area contributed by atoms with Crippen LogP contribution in [0.5, 0.6) is 0 Å². The fourth-order valence-corrected chi connectivity index (χ4v) is 1.42. The van der Waals surface area contributed by atoms with E-state index in [1.165, 1.54) is 0 Å². The summed E-state index contributed by atoms with van der Waals surface area (Å²) in [4.78, 5) is 10.5. The van der Waals surface area contributed by atoms with Gasteiger partial charge in [-0.25, -0.2) is 0 Å². The van der Waals surface area contributed by atoms with Crippen LogP contribution in [0.25, 0.3) is 0 Å². The van der Waals surface area contributed by atoms with Gasteiger partial charge in [0.15, 0.2) is 0 Å². The third-order valence-corrected chi connectivity index (χ3v) is 2.26. The number of amides is 1. The maximum Gasteiger partial charge on any atom is 0.243 e. The van der Waals surface area contributed by atoms with Gasteiger partial charge >= 0.3 is 0 Å². The normalized spacial score (nSPS) is 12.5. The first kappa shape index (κ1) is 12.0. The summed E-state index contributed by atoms with van der Waals surface area (Å²) in [7, 11) is 0. The van der Waals surface area contributed by atoms with Crippen molar-refractivity contribution < 1.29 is 9.53 Å². The zero-order chi connectivity index (χ0) is 11.4. The second-order valence-corrected chi connectivity index (χ2v) is 3.70. The van der Waals surface area contributed by atoms with Crippen LogP contribution >= 0.6 is 11.6 Å². The third kappa shape index (κ3) is 3.53. The van der Waals surface area contributed by atoms with Crippen molar-refractivity contribution in [2.45, 2.75) is 13.0 Å². The van der Waals surface area contributed by atoms with E-state index < -0.39 is 5.91 Å². The molecule has 0 aliphatic carbocycles. The van der Waals surface area contributed by atoms with Gasteiger partial charge in [0.05, 0.1) is 6.10 Å². The van der Waals surface area contributed by atoms with Crippen molar-refractivity contribution in [1.29, 1.82) is 0 Å². The quantitative estimate of drug-likeness (QED) is 0.855. The minimum absolute atomic E-state index is 0.104. The molecule has 1 radical (unpaired) electrons. The van der Waals surface area contributed by atoms with Gasteiger partial charge in [0.1, 0.15) is 6.61 Å². The van der Waals surface area contributed by atoms with E-state index in [-0.39, 0.29) is 12.7 Å². The Morgan fingerprint density at radius 2 is 2.33 bits per heavy atom. The Kier molecular flexibility index (Phi) is 4.12. The molecule has 4 heteroatoms. The molecule has 1 amide bonds. The van der Waals surface area contributed by atoms with Crippen LogP contribution in [0, 0.1) is 6.92 Å². The molecule has 0 saturated heterocycles. The number of primary amides is 1. The number of carbonyl (C=O) groups excluding carboxylic acids is 1. The third-order valence-electron chi connectivity index (χ3n) is 2.02. The summed E-state index contributed by atoms with van der Waals surface area (Å²) in [6.45, 7) is 5.57. The lowest BCUT2D eigenvalue weighted by Gasteiger charge is -2.14. The van der Waals surface area contributed by atoms with Crippen LogP contribution in [-0.4, -0.2) is 12.5 Å². The number of carbonyl (C=O) groups is 1. The summed E-state index contributed by atoms with van der Waals surface area (Å²) in [5.74, 6) is -0.491. The van der Waals surface area contributed by atoms with E-state index in [1.807, 2.05) is 13.0 Å². The second kappa shape index (κ2) is 5.14. The average Bonchev–Trinajstić information content (AvgIpc) is 2.18. The van der Waals surface area contributed by atoms with Gasteiger partial charge in [-0.2, -0.15) is 0 Å². The molecule has 2 N–H and O–H groups in total. The fraction of sp³-hybridized carbons (Fsp3) is 0.273. The van der Waals surface area contributed by atoms with Crippen molar-refractivity contribution in [1.82, 2.24) is 0 Å². The molecular weight excluding hydrogens is 214 g/mol. The number of hydrogen-bond acceptors (Lipinski definition) is 2. The molecular formula is C11H13ClNO2. The summed E-state index contributed by atoms with van der Waals surface area (Å²) in [6.07, 6.45) is -0.247. The molecule has 0 saturated carbocycles. The van der Waals surface area contributed by atoms with Crippen molar-refractivity contribution in [3.05, 3.63) is 41.3 Å². The number of hydrogen-bond donors (Lipinski definition) is 1. The number of nitrogens with two attached hydrogens (primary N) is 1. The summed E-state index contributed by atoms with van der Waals surface area (Å²) < 4.78 is 5.25. The zero-order valence-corrected chi connectivity index (χ0v) is 9.25. The average molecular weight is 227 g/mol. The standard InChI is InChI=1S/C11H13ClNO2/c1-7-3-4-9(12)5-10(7)8(2)15-6-11(13)14/h3-5,8H,1,6H2,2H3,(H2,13,14). The van der Waals surface area contributed by atoms with Crippen molar-refractivity contribution >= 4 is 17.5 Å². The van der Waals surface area contributed by atoms with Gasteiger partial charge in [-0.3, -0.25) is 4.79 Å². The Morgan fingerprint density at radius 1 is 1.67 bits per heavy atom. The lowest BCUT2D eigenvalue weighted by atomic mass is 10.0. The van der Waals surface area contributed by atoms with E-state index in [2.05, 4.69) is 6.92 Å². The molecule has 0 aliphatic heterocycles. The van der Waals surface area contributed by atoms with Crippen LogP contribution in [-0.2, 0) is 9.53 Å². The Hall–Kier alpha value is -1.06. The maximum atomic E-state index is 10.5. The van der Waals surface area contributed by atoms with Crippen molar-refractivity contribution in [2.24, 2.45) is 5.73 Å². The predicted octanol–water partition coefficient (Wildman–Crippen LogP) is 2.09. The summed E-state index contributed by atoms with van der Waals surface area (Å²) in [6, 6.07) is 5.34. The molecule has 1 aromatic rings. The molecule has 1 aromatic carbocycles. The van der Waals surface area contributed by atoms with Crippen LogP contribution in [0.4, 0.5) is 0 Å². The zero-order valence-electron chi connectivity index (χ0n) is 8.50. The van der Waals surface area contributed by atoms with E-state index in [9.17, 15) is 4.79 Å². The minimum Gasteiger partial charge on any atom is -0.368 e. The van der Waals surface area contributed by atoms with Crippen molar-refractivity contribution in [3.8, 4) is 0 Å². The molecule has 0 aliphatic rings. The number of benzene rings is 1. The minimum atomic E-state index is -0.491. The molecule has 1 rings (SSSR count). The highest BCUT2D eigenvalue weighted by molar-refractivity contribution is 6.30. The van der Waals surface area contributed by atoms with Gasteiger partial charge in [0, 0.05) is 5.02 Å². The highest BCUT2D eigenvalue weighted by Crippen LogP contribution is 2.23. The van der Waals surface area contributed by atoms with E-state index in [1.54, 1.807) is 12.1 Å². The first-order valence-electron chi connectivity index (χ1n) is 4.52. The second-order valence-electron chi connectivity index (χ2n) is 3.26. The van der Waals surface area contributed by atoms with E-state index >= 15 is 0 Å². The molecule has 1 atom stereocenters. The van der Waals surface area contributed by atoms with Crippen LogP contribution < -0.4 is 5.73 Å². The molecule has 1 unspecified atom stereocenters. The first-order chi connectivity index (χ1) is 7.00. The highest BCUT2D eigenvalue weighted by Gasteiger charge is 2.10. The Balaban J connectivity index is 2.76. The molecule has 0 heterocycles. The van der Waals surface area contributed by atoms with Crippen molar-refractivity contribution in [3.63, 3.8) is 0 Å². The van der Waals surface area contributed by atoms with Crippen LogP contribution in [0.15, 0.2) is 18.2 Å². The highest BCUT2D eigenvalue weighted by atomic mass is 35.5. The van der Waals surface area contributed by atoms with Crippen LogP contribution in [0.2, 0.25) is 5.02 Å². The summed E-state index contributed by atoms with van der Waals surface area (Å²) in [5.41, 5.74) is 6.68. The van der Waals surface area contributed by atoms with Gasteiger partial charge in [-0.15, -0.1) is 0 Å². The number of rotatable bonds is 4. The lowest BCUT2D eigenvalue weighted by molar-refractivity contribution is -0.124. The van der Waals surface area contributed by atoms with Crippen LogP contribution in [0.1, 0.15) is 24.2 Å². The molecule has 3 nitrogen and oxygen atoms in total. The van der Waals surface area contributed by atoms with Crippen LogP contribution in [0.3, 0.4) is 0 Å². The lowest BCUT2D eigenvalue weighted by Crippen LogP contribution is -2.19. The van der Waals surface area contributed by atoms with E-state index in [4.69, 9.17) is 22.1 Å². The van der Waals surface area contributed by atoms with E-state index in [0.29, 0.717) is 5.02 Å². The number of ether oxygens (including phenoxy) is 1. The molecule has 0 fully saturated rings. The van der Waals surface area contributed by atoms with Gasteiger partial charge in [-0.1, -0.05) is 17.7 Å². The predicted molar refractivity (Wildman–Crippen MR) is 59.5 cm³/mol. The maximum absolute atomic E-state index is 10.5. The monoisotopic (exact) mass is 226 g/mol. The van der Waals surface area contributed by atoms with Crippen molar-refractivity contribution in [2.75, 3.05) is 6.61 Å². The molecule has 81 valence electrons. The molecule has 0 bridgehead atoms. The van der Waals surface area contributed by atoms with Gasteiger partial charge < -0.3 is 10.5 Å². The topological polar surface area (TPSA) is 52.3 Å². The Morgan fingerprint density at radius 3 is 2.93 bits per heavy atom.